The smallest absolute Gasteiger partial charge is 0.118 e. The number of thioether (sulfide) groups is 1. The molecule has 3 nitrogen and oxygen atoms in total. The number of rotatable bonds is 6. The van der Waals surface area contributed by atoms with Crippen LogP contribution in [-0.4, -0.2) is 17.8 Å². The van der Waals surface area contributed by atoms with E-state index in [0.29, 0.717) is 11.3 Å². The minimum absolute atomic E-state index is 0.585. The highest BCUT2D eigenvalue weighted by Gasteiger charge is 2.15. The molecule has 0 saturated carbocycles. The van der Waals surface area contributed by atoms with Crippen molar-refractivity contribution in [2.45, 2.75) is 5.03 Å². The highest BCUT2D eigenvalue weighted by molar-refractivity contribution is 7.99. The Labute approximate surface area is 158 Å². The summed E-state index contributed by atoms with van der Waals surface area (Å²) in [6.07, 6.45) is 1.82. The Bertz CT molecular complexity index is 944. The van der Waals surface area contributed by atoms with E-state index in [-0.39, 0.29) is 0 Å². The van der Waals surface area contributed by atoms with Gasteiger partial charge in [-0.2, -0.15) is 5.26 Å². The maximum Gasteiger partial charge on any atom is 0.118 e. The van der Waals surface area contributed by atoms with Crippen LogP contribution < -0.4 is 4.74 Å². The fourth-order valence-corrected chi connectivity index (χ4v) is 3.37. The van der Waals surface area contributed by atoms with E-state index in [2.05, 4.69) is 12.6 Å². The summed E-state index contributed by atoms with van der Waals surface area (Å²) in [5.74, 6) is 1.48. The van der Waals surface area contributed by atoms with Crippen molar-refractivity contribution in [1.29, 1.82) is 5.26 Å². The van der Waals surface area contributed by atoms with E-state index in [0.717, 1.165) is 33.2 Å². The minimum Gasteiger partial charge on any atom is -0.497 e. The Balaban J connectivity index is 2.19. The highest BCUT2D eigenvalue weighted by Crippen LogP contribution is 2.34. The van der Waals surface area contributed by atoms with Crippen molar-refractivity contribution in [3.63, 3.8) is 0 Å². The maximum atomic E-state index is 9.77. The molecule has 0 bridgehead atoms. The number of ether oxygens (including phenoxy) is 1. The number of nitriles is 1. The van der Waals surface area contributed by atoms with E-state index < -0.39 is 0 Å². The van der Waals surface area contributed by atoms with Crippen LogP contribution in [-0.2, 0) is 0 Å². The lowest BCUT2D eigenvalue weighted by molar-refractivity contribution is 0.415. The molecule has 0 aliphatic carbocycles. The molecule has 0 atom stereocenters. The largest absolute Gasteiger partial charge is 0.497 e. The zero-order valence-corrected chi connectivity index (χ0v) is 15.3. The topological polar surface area (TPSA) is 45.9 Å². The van der Waals surface area contributed by atoms with Crippen LogP contribution in [0.1, 0.15) is 5.56 Å². The fraction of sp³-hybridized carbons (Fsp3) is 0.0909. The number of benzene rings is 2. The Hall–Kier alpha value is -3.03. The van der Waals surface area contributed by atoms with E-state index in [1.54, 1.807) is 7.11 Å². The number of aromatic nitrogens is 1. The van der Waals surface area contributed by atoms with Gasteiger partial charge in [0.05, 0.1) is 18.4 Å². The second-order valence-corrected chi connectivity index (χ2v) is 6.55. The van der Waals surface area contributed by atoms with Crippen LogP contribution in [0.25, 0.3) is 22.4 Å². The van der Waals surface area contributed by atoms with Gasteiger partial charge in [0.2, 0.25) is 0 Å². The quantitative estimate of drug-likeness (QED) is 0.427. The van der Waals surface area contributed by atoms with Crippen molar-refractivity contribution in [2.75, 3.05) is 12.9 Å². The molecular formula is C22H18N2OS. The third-order valence-electron chi connectivity index (χ3n) is 3.91. The monoisotopic (exact) mass is 358 g/mol. The summed E-state index contributed by atoms with van der Waals surface area (Å²) in [6, 6.07) is 22.0. The Morgan fingerprint density at radius 1 is 1.12 bits per heavy atom. The second kappa shape index (κ2) is 8.37. The number of hydrogen-bond acceptors (Lipinski definition) is 4. The van der Waals surface area contributed by atoms with Crippen LogP contribution in [0.5, 0.6) is 5.75 Å². The average molecular weight is 358 g/mol. The van der Waals surface area contributed by atoms with Gasteiger partial charge in [-0.05, 0) is 23.8 Å². The first-order valence-corrected chi connectivity index (χ1v) is 9.14. The van der Waals surface area contributed by atoms with Crippen LogP contribution in [0.3, 0.4) is 0 Å². The summed E-state index contributed by atoms with van der Waals surface area (Å²) >= 11 is 1.52. The first-order valence-electron chi connectivity index (χ1n) is 8.15. The molecule has 4 heteroatoms. The van der Waals surface area contributed by atoms with Gasteiger partial charge in [0, 0.05) is 16.9 Å². The van der Waals surface area contributed by atoms with Crippen LogP contribution >= 0.6 is 11.8 Å². The summed E-state index contributed by atoms with van der Waals surface area (Å²) in [5, 5.41) is 10.5. The van der Waals surface area contributed by atoms with E-state index in [1.807, 2.05) is 66.7 Å². The molecule has 128 valence electrons. The van der Waals surface area contributed by atoms with E-state index in [9.17, 15) is 5.26 Å². The molecule has 26 heavy (non-hydrogen) atoms. The molecule has 2 aromatic carbocycles. The third-order valence-corrected chi connectivity index (χ3v) is 4.88. The number of pyridine rings is 1. The van der Waals surface area contributed by atoms with Crippen molar-refractivity contribution in [2.24, 2.45) is 0 Å². The minimum atomic E-state index is 0.585. The van der Waals surface area contributed by atoms with Gasteiger partial charge in [0.1, 0.15) is 16.8 Å². The van der Waals surface area contributed by atoms with E-state index in [1.165, 1.54) is 11.8 Å². The van der Waals surface area contributed by atoms with Crippen LogP contribution in [0.15, 0.2) is 78.3 Å². The zero-order chi connectivity index (χ0) is 18.4. The molecule has 0 spiro atoms. The summed E-state index contributed by atoms with van der Waals surface area (Å²) in [4.78, 5) is 4.74. The van der Waals surface area contributed by atoms with Crippen LogP contribution in [0.4, 0.5) is 0 Å². The van der Waals surface area contributed by atoms with Gasteiger partial charge in [-0.1, -0.05) is 48.5 Å². The summed E-state index contributed by atoms with van der Waals surface area (Å²) in [7, 11) is 1.64. The Morgan fingerprint density at radius 2 is 1.85 bits per heavy atom. The highest BCUT2D eigenvalue weighted by atomic mass is 32.2. The molecule has 3 rings (SSSR count). The Morgan fingerprint density at radius 3 is 2.46 bits per heavy atom. The summed E-state index contributed by atoms with van der Waals surface area (Å²) < 4.78 is 5.24. The van der Waals surface area contributed by atoms with Crippen molar-refractivity contribution in [3.05, 3.63) is 78.9 Å². The Kier molecular flexibility index (Phi) is 5.73. The molecular weight excluding hydrogens is 340 g/mol. The molecule has 0 aliphatic heterocycles. The second-order valence-electron chi connectivity index (χ2n) is 5.54. The van der Waals surface area contributed by atoms with Gasteiger partial charge >= 0.3 is 0 Å². The van der Waals surface area contributed by atoms with Gasteiger partial charge in [0.15, 0.2) is 0 Å². The van der Waals surface area contributed by atoms with E-state index >= 15 is 0 Å². The van der Waals surface area contributed by atoms with E-state index in [4.69, 9.17) is 9.72 Å². The fourth-order valence-electron chi connectivity index (χ4n) is 2.63. The van der Waals surface area contributed by atoms with Gasteiger partial charge in [-0.25, -0.2) is 4.98 Å². The normalized spacial score (nSPS) is 10.2. The lowest BCUT2D eigenvalue weighted by atomic mass is 9.99. The van der Waals surface area contributed by atoms with Crippen molar-refractivity contribution >= 4 is 11.8 Å². The molecule has 0 amide bonds. The first kappa shape index (κ1) is 17.8. The van der Waals surface area contributed by atoms with Crippen LogP contribution in [0.2, 0.25) is 0 Å². The predicted octanol–water partition coefficient (Wildman–Crippen LogP) is 5.57. The average Bonchev–Trinajstić information content (AvgIpc) is 2.72. The lowest BCUT2D eigenvalue weighted by Gasteiger charge is -2.12. The van der Waals surface area contributed by atoms with Gasteiger partial charge in [-0.15, -0.1) is 18.3 Å². The number of methoxy groups -OCH3 is 1. The zero-order valence-electron chi connectivity index (χ0n) is 14.5. The van der Waals surface area contributed by atoms with Gasteiger partial charge < -0.3 is 4.74 Å². The summed E-state index contributed by atoms with van der Waals surface area (Å²) in [6.45, 7) is 3.77. The number of hydrogen-bond donors (Lipinski definition) is 0. The van der Waals surface area contributed by atoms with Gasteiger partial charge in [-0.3, -0.25) is 0 Å². The molecule has 1 heterocycles. The predicted molar refractivity (Wildman–Crippen MR) is 107 cm³/mol. The summed E-state index contributed by atoms with van der Waals surface area (Å²) in [5.41, 5.74) is 4.29. The first-order chi connectivity index (χ1) is 12.8. The molecule has 0 radical (unpaired) electrons. The molecule has 0 fully saturated rings. The standard InChI is InChI=1S/C22H18N2OS/c1-3-13-26-22-20(15-23)19(16-9-11-18(25-2)12-10-16)14-21(24-22)17-7-5-4-6-8-17/h3-12,14H,1,13H2,2H3. The number of nitrogens with zero attached hydrogens (tertiary/aromatic N) is 2. The molecule has 0 unspecified atom stereocenters. The molecule has 0 saturated heterocycles. The lowest BCUT2D eigenvalue weighted by Crippen LogP contribution is -1.96. The van der Waals surface area contributed by atoms with Crippen molar-refractivity contribution < 1.29 is 4.74 Å². The molecule has 3 aromatic rings. The molecule has 0 N–H and O–H groups in total. The SMILES string of the molecule is C=CCSc1nc(-c2ccccc2)cc(-c2ccc(OC)cc2)c1C#N. The van der Waals surface area contributed by atoms with Crippen molar-refractivity contribution in [1.82, 2.24) is 4.98 Å². The third kappa shape index (κ3) is 3.79. The molecule has 1 aromatic heterocycles. The van der Waals surface area contributed by atoms with Crippen molar-refractivity contribution in [3.8, 4) is 34.2 Å². The van der Waals surface area contributed by atoms with Crippen LogP contribution in [0, 0.1) is 11.3 Å². The van der Waals surface area contributed by atoms with Gasteiger partial charge in [0.25, 0.3) is 0 Å². The molecule has 0 aliphatic rings. The maximum absolute atomic E-state index is 9.77.